The number of ether oxygens (including phenoxy) is 1. The van der Waals surface area contributed by atoms with Crippen molar-refractivity contribution in [2.45, 2.75) is 19.2 Å². The van der Waals surface area contributed by atoms with Crippen LogP contribution in [0.3, 0.4) is 0 Å². The molecule has 1 amide bonds. The fourth-order valence-electron chi connectivity index (χ4n) is 2.14. The van der Waals surface area contributed by atoms with Gasteiger partial charge >= 0.3 is 6.18 Å². The van der Waals surface area contributed by atoms with E-state index >= 15 is 0 Å². The van der Waals surface area contributed by atoms with Gasteiger partial charge < -0.3 is 20.5 Å². The maximum absolute atomic E-state index is 12.5. The van der Waals surface area contributed by atoms with E-state index in [4.69, 9.17) is 4.74 Å². The summed E-state index contributed by atoms with van der Waals surface area (Å²) >= 11 is 0. The molecule has 5 nitrogen and oxygen atoms in total. The number of hydrogen-bond donors (Lipinski definition) is 3. The van der Waals surface area contributed by atoms with Gasteiger partial charge in [-0.15, -0.1) is 0 Å². The number of nitrogens with one attached hydrogen (secondary N) is 2. The molecule has 140 valence electrons. The molecule has 3 N–H and O–H groups in total. The maximum atomic E-state index is 12.5. The second-order valence-electron chi connectivity index (χ2n) is 5.60. The molecule has 26 heavy (non-hydrogen) atoms. The number of carbonyl (C=O) groups is 1. The molecule has 0 radical (unpaired) electrons. The molecule has 2 rings (SSSR count). The largest absolute Gasteiger partial charge is 0.489 e. The summed E-state index contributed by atoms with van der Waals surface area (Å²) in [6.07, 6.45) is -5.28. The standard InChI is InChI=1S/C18H19F3N2O3/c1-12(24)23-16-4-2-3-5-17(16)26-11-15(25)10-22-14-8-6-13(7-9-14)18(19,20)21/h2-9,15,22,25H,10-11H2,1H3,(H,23,24). The van der Waals surface area contributed by atoms with E-state index < -0.39 is 17.8 Å². The minimum absolute atomic E-state index is 0.0514. The van der Waals surface area contributed by atoms with E-state index in [0.29, 0.717) is 17.1 Å². The number of hydrogen-bond acceptors (Lipinski definition) is 4. The average molecular weight is 368 g/mol. The van der Waals surface area contributed by atoms with E-state index in [1.165, 1.54) is 19.1 Å². The topological polar surface area (TPSA) is 70.6 Å². The fourth-order valence-corrected chi connectivity index (χ4v) is 2.14. The molecule has 0 aliphatic carbocycles. The second kappa shape index (κ2) is 8.57. The SMILES string of the molecule is CC(=O)Nc1ccccc1OCC(O)CNc1ccc(C(F)(F)F)cc1. The zero-order chi connectivity index (χ0) is 19.2. The summed E-state index contributed by atoms with van der Waals surface area (Å²) in [6, 6.07) is 11.3. The molecule has 2 aromatic rings. The average Bonchev–Trinajstić information content (AvgIpc) is 2.58. The third-order valence-electron chi connectivity index (χ3n) is 3.38. The van der Waals surface area contributed by atoms with Crippen LogP contribution in [0, 0.1) is 0 Å². The van der Waals surface area contributed by atoms with Crippen molar-refractivity contribution in [1.82, 2.24) is 0 Å². The number of amides is 1. The van der Waals surface area contributed by atoms with Gasteiger partial charge in [-0.3, -0.25) is 4.79 Å². The summed E-state index contributed by atoms with van der Waals surface area (Å²) in [6.45, 7) is 1.41. The molecule has 0 heterocycles. The lowest BCUT2D eigenvalue weighted by Gasteiger charge is -2.16. The Hall–Kier alpha value is -2.74. The zero-order valence-corrected chi connectivity index (χ0v) is 14.0. The number of alkyl halides is 3. The Morgan fingerprint density at radius 2 is 1.81 bits per heavy atom. The molecule has 0 aromatic heterocycles. The van der Waals surface area contributed by atoms with Crippen molar-refractivity contribution in [2.75, 3.05) is 23.8 Å². The second-order valence-corrected chi connectivity index (χ2v) is 5.60. The normalized spacial score (nSPS) is 12.3. The molecular formula is C18H19F3N2O3. The van der Waals surface area contributed by atoms with Crippen molar-refractivity contribution in [3.05, 3.63) is 54.1 Å². The molecular weight excluding hydrogens is 349 g/mol. The van der Waals surface area contributed by atoms with E-state index in [0.717, 1.165) is 12.1 Å². The van der Waals surface area contributed by atoms with Crippen LogP contribution in [-0.2, 0) is 11.0 Å². The number of para-hydroxylation sites is 2. The van der Waals surface area contributed by atoms with Crippen LogP contribution in [0.5, 0.6) is 5.75 Å². The molecule has 8 heteroatoms. The molecule has 0 aliphatic rings. The van der Waals surface area contributed by atoms with Gasteiger partial charge in [-0.25, -0.2) is 0 Å². The third-order valence-corrected chi connectivity index (χ3v) is 3.38. The van der Waals surface area contributed by atoms with Crippen LogP contribution in [0.1, 0.15) is 12.5 Å². The lowest BCUT2D eigenvalue weighted by atomic mass is 10.2. The Labute approximate surface area is 148 Å². The zero-order valence-electron chi connectivity index (χ0n) is 14.0. The van der Waals surface area contributed by atoms with Gasteiger partial charge in [0.15, 0.2) is 0 Å². The maximum Gasteiger partial charge on any atom is 0.416 e. The summed E-state index contributed by atoms with van der Waals surface area (Å²) in [7, 11) is 0. The van der Waals surface area contributed by atoms with Crippen LogP contribution < -0.4 is 15.4 Å². The molecule has 2 aromatic carbocycles. The number of carbonyl (C=O) groups excluding carboxylic acids is 1. The fraction of sp³-hybridized carbons (Fsp3) is 0.278. The van der Waals surface area contributed by atoms with Gasteiger partial charge in [0, 0.05) is 19.2 Å². The third kappa shape index (κ3) is 5.96. The number of aliphatic hydroxyl groups excluding tert-OH is 1. The van der Waals surface area contributed by atoms with Crippen molar-refractivity contribution in [3.8, 4) is 5.75 Å². The Bertz CT molecular complexity index is 733. The minimum atomic E-state index is -4.38. The molecule has 0 fully saturated rings. The van der Waals surface area contributed by atoms with Crippen molar-refractivity contribution in [1.29, 1.82) is 0 Å². The van der Waals surface area contributed by atoms with Crippen LogP contribution in [-0.4, -0.2) is 30.3 Å². The minimum Gasteiger partial charge on any atom is -0.489 e. The predicted octanol–water partition coefficient (Wildman–Crippen LogP) is 3.52. The number of benzene rings is 2. The van der Waals surface area contributed by atoms with Crippen LogP contribution in [0.2, 0.25) is 0 Å². The van der Waals surface area contributed by atoms with E-state index in [1.54, 1.807) is 24.3 Å². The highest BCUT2D eigenvalue weighted by atomic mass is 19.4. The predicted molar refractivity (Wildman–Crippen MR) is 92.2 cm³/mol. The summed E-state index contributed by atoms with van der Waals surface area (Å²) in [5.41, 5.74) is 0.208. The van der Waals surface area contributed by atoms with Crippen LogP contribution in [0.4, 0.5) is 24.5 Å². The van der Waals surface area contributed by atoms with Crippen LogP contribution in [0.25, 0.3) is 0 Å². The van der Waals surface area contributed by atoms with Crippen LogP contribution >= 0.6 is 0 Å². The summed E-state index contributed by atoms with van der Waals surface area (Å²) < 4.78 is 43.0. The first-order chi connectivity index (χ1) is 12.3. The number of aliphatic hydroxyl groups is 1. The van der Waals surface area contributed by atoms with E-state index in [1.807, 2.05) is 0 Å². The summed E-state index contributed by atoms with van der Waals surface area (Å²) in [5, 5.41) is 15.4. The van der Waals surface area contributed by atoms with Crippen molar-refractivity contribution >= 4 is 17.3 Å². The van der Waals surface area contributed by atoms with Crippen LogP contribution in [0.15, 0.2) is 48.5 Å². The van der Waals surface area contributed by atoms with Gasteiger partial charge in [-0.05, 0) is 36.4 Å². The lowest BCUT2D eigenvalue weighted by molar-refractivity contribution is -0.137. The molecule has 0 bridgehead atoms. The monoisotopic (exact) mass is 368 g/mol. The number of halogens is 3. The van der Waals surface area contributed by atoms with E-state index in [9.17, 15) is 23.1 Å². The Balaban J connectivity index is 1.84. The van der Waals surface area contributed by atoms with Gasteiger partial charge in [-0.1, -0.05) is 12.1 Å². The van der Waals surface area contributed by atoms with E-state index in [2.05, 4.69) is 10.6 Å². The first-order valence-electron chi connectivity index (χ1n) is 7.84. The molecule has 1 atom stereocenters. The van der Waals surface area contributed by atoms with Crippen molar-refractivity contribution in [3.63, 3.8) is 0 Å². The Kier molecular flexibility index (Phi) is 6.46. The Morgan fingerprint density at radius 3 is 2.42 bits per heavy atom. The molecule has 0 aliphatic heterocycles. The first-order valence-corrected chi connectivity index (χ1v) is 7.84. The number of anilines is 2. The summed E-state index contributed by atoms with van der Waals surface area (Å²) in [4.78, 5) is 11.2. The van der Waals surface area contributed by atoms with E-state index in [-0.39, 0.29) is 19.1 Å². The summed E-state index contributed by atoms with van der Waals surface area (Å²) in [5.74, 6) is 0.168. The lowest BCUT2D eigenvalue weighted by Crippen LogP contribution is -2.26. The molecule has 0 spiro atoms. The van der Waals surface area contributed by atoms with Gasteiger partial charge in [0.2, 0.25) is 5.91 Å². The number of rotatable bonds is 7. The van der Waals surface area contributed by atoms with Gasteiger partial charge in [-0.2, -0.15) is 13.2 Å². The highest BCUT2D eigenvalue weighted by Crippen LogP contribution is 2.29. The van der Waals surface area contributed by atoms with Gasteiger partial charge in [0.05, 0.1) is 11.3 Å². The molecule has 1 unspecified atom stereocenters. The quantitative estimate of drug-likeness (QED) is 0.699. The Morgan fingerprint density at radius 1 is 1.15 bits per heavy atom. The van der Waals surface area contributed by atoms with Crippen molar-refractivity contribution in [2.24, 2.45) is 0 Å². The highest BCUT2D eigenvalue weighted by Gasteiger charge is 2.29. The molecule has 0 saturated heterocycles. The smallest absolute Gasteiger partial charge is 0.416 e. The highest BCUT2D eigenvalue weighted by molar-refractivity contribution is 5.90. The van der Waals surface area contributed by atoms with Gasteiger partial charge in [0.25, 0.3) is 0 Å². The van der Waals surface area contributed by atoms with Gasteiger partial charge in [0.1, 0.15) is 18.5 Å². The van der Waals surface area contributed by atoms with Crippen molar-refractivity contribution < 1.29 is 27.8 Å². The first kappa shape index (κ1) is 19.6. The molecule has 0 saturated carbocycles.